The van der Waals surface area contributed by atoms with Crippen LogP contribution in [0.25, 0.3) is 0 Å². The molecule has 0 saturated heterocycles. The second-order valence-electron chi connectivity index (χ2n) is 6.70. The zero-order valence-corrected chi connectivity index (χ0v) is 13.0. The molecule has 0 amide bonds. The van der Waals surface area contributed by atoms with E-state index in [1.54, 1.807) is 0 Å². The highest BCUT2D eigenvalue weighted by molar-refractivity contribution is 5.32. The van der Waals surface area contributed by atoms with Crippen LogP contribution in [0, 0.1) is 10.8 Å². The van der Waals surface area contributed by atoms with Gasteiger partial charge in [-0.25, -0.2) is 0 Å². The lowest BCUT2D eigenvalue weighted by molar-refractivity contribution is 0.0735. The molecule has 1 unspecified atom stereocenters. The molecular weight excluding hydrogens is 234 g/mol. The molecule has 0 fully saturated rings. The Balaban J connectivity index is 2.33. The molecule has 1 aliphatic carbocycles. The topological polar surface area (TPSA) is 12.5 Å². The van der Waals surface area contributed by atoms with Crippen LogP contribution >= 0.6 is 0 Å². The minimum atomic E-state index is 0.107. The largest absolute Gasteiger partial charge is 0.482 e. The predicted octanol–water partition coefficient (Wildman–Crippen LogP) is 4.12. The lowest BCUT2D eigenvalue weighted by Gasteiger charge is -2.41. The van der Waals surface area contributed by atoms with Gasteiger partial charge in [-0.15, -0.1) is 0 Å². The standard InChI is InChI=1S/C17H27NO/c1-6-16(2,3)17(4)10-7-8-15-14(9-11-17)12-18(5)13-19-15/h7,9-11H,6,8,12-13H2,1-5H3/b10-7-,11-9-. The summed E-state index contributed by atoms with van der Waals surface area (Å²) < 4.78 is 5.81. The third kappa shape index (κ3) is 2.79. The van der Waals surface area contributed by atoms with Crippen molar-refractivity contribution < 1.29 is 4.74 Å². The normalized spacial score (nSPS) is 32.1. The highest BCUT2D eigenvalue weighted by Gasteiger charge is 2.36. The molecule has 2 heteroatoms. The van der Waals surface area contributed by atoms with Gasteiger partial charge in [-0.2, -0.15) is 0 Å². The van der Waals surface area contributed by atoms with Crippen LogP contribution in [0.4, 0.5) is 0 Å². The number of nitrogens with zero attached hydrogens (tertiary/aromatic N) is 1. The summed E-state index contributed by atoms with van der Waals surface area (Å²) in [4.78, 5) is 2.21. The summed E-state index contributed by atoms with van der Waals surface area (Å²) in [6.07, 6.45) is 11.4. The van der Waals surface area contributed by atoms with Gasteiger partial charge >= 0.3 is 0 Å². The van der Waals surface area contributed by atoms with Gasteiger partial charge < -0.3 is 4.74 Å². The van der Waals surface area contributed by atoms with Crippen LogP contribution in [0.2, 0.25) is 0 Å². The molecule has 0 spiro atoms. The van der Waals surface area contributed by atoms with Gasteiger partial charge in [0.05, 0.1) is 0 Å². The van der Waals surface area contributed by atoms with E-state index in [4.69, 9.17) is 4.74 Å². The van der Waals surface area contributed by atoms with Crippen LogP contribution < -0.4 is 0 Å². The first-order valence-electron chi connectivity index (χ1n) is 7.28. The van der Waals surface area contributed by atoms with Crippen LogP contribution in [0.5, 0.6) is 0 Å². The van der Waals surface area contributed by atoms with Gasteiger partial charge in [0, 0.05) is 24.0 Å². The fourth-order valence-corrected chi connectivity index (χ4v) is 2.61. The van der Waals surface area contributed by atoms with Crippen LogP contribution in [-0.4, -0.2) is 25.2 Å². The van der Waals surface area contributed by atoms with Crippen molar-refractivity contribution in [1.29, 1.82) is 0 Å². The zero-order chi connectivity index (χ0) is 14.1. The van der Waals surface area contributed by atoms with Gasteiger partial charge in [-0.3, -0.25) is 4.90 Å². The van der Waals surface area contributed by atoms with Crippen LogP contribution in [0.3, 0.4) is 0 Å². The molecule has 2 nitrogen and oxygen atoms in total. The van der Waals surface area contributed by atoms with E-state index >= 15 is 0 Å². The van der Waals surface area contributed by atoms with E-state index in [2.05, 4.69) is 63.9 Å². The molecule has 0 aromatic heterocycles. The fourth-order valence-electron chi connectivity index (χ4n) is 2.61. The van der Waals surface area contributed by atoms with E-state index < -0.39 is 0 Å². The molecule has 0 radical (unpaired) electrons. The molecule has 1 heterocycles. The molecule has 0 aromatic carbocycles. The number of rotatable bonds is 2. The van der Waals surface area contributed by atoms with Gasteiger partial charge in [-0.1, -0.05) is 52.0 Å². The quantitative estimate of drug-likeness (QED) is 0.693. The minimum absolute atomic E-state index is 0.107. The van der Waals surface area contributed by atoms with Crippen LogP contribution in [0.15, 0.2) is 35.6 Å². The van der Waals surface area contributed by atoms with E-state index in [9.17, 15) is 0 Å². The Kier molecular flexibility index (Phi) is 3.91. The van der Waals surface area contributed by atoms with Gasteiger partial charge in [0.2, 0.25) is 0 Å². The van der Waals surface area contributed by atoms with Gasteiger partial charge in [0.25, 0.3) is 0 Å². The number of allylic oxidation sites excluding steroid dienone is 3. The summed E-state index contributed by atoms with van der Waals surface area (Å²) in [5, 5.41) is 0. The molecule has 0 N–H and O–H groups in total. The predicted molar refractivity (Wildman–Crippen MR) is 80.7 cm³/mol. The van der Waals surface area contributed by atoms with E-state index in [-0.39, 0.29) is 10.8 Å². The molecule has 0 bridgehead atoms. The number of likely N-dealkylation sites (N-methyl/N-ethyl adjacent to an activating group) is 1. The van der Waals surface area contributed by atoms with Gasteiger partial charge in [0.1, 0.15) is 12.5 Å². The van der Waals surface area contributed by atoms with E-state index in [0.717, 1.165) is 18.7 Å². The monoisotopic (exact) mass is 261 g/mol. The third-order valence-electron chi connectivity index (χ3n) is 5.00. The molecule has 1 atom stereocenters. The Morgan fingerprint density at radius 1 is 1.37 bits per heavy atom. The van der Waals surface area contributed by atoms with E-state index in [1.165, 1.54) is 12.0 Å². The maximum Gasteiger partial charge on any atom is 0.141 e. The van der Waals surface area contributed by atoms with Crippen LogP contribution in [-0.2, 0) is 4.74 Å². The smallest absolute Gasteiger partial charge is 0.141 e. The molecular formula is C17H27NO. The summed E-state index contributed by atoms with van der Waals surface area (Å²) in [6, 6.07) is 0. The SMILES string of the molecule is CCC(C)(C)C1(C)/C=C\CC2=C(/C=C\1)CN(C)CO2. The highest BCUT2D eigenvalue weighted by atomic mass is 16.5. The van der Waals surface area contributed by atoms with Crippen molar-refractivity contribution >= 4 is 0 Å². The third-order valence-corrected chi connectivity index (χ3v) is 5.00. The second kappa shape index (κ2) is 5.16. The van der Waals surface area contributed by atoms with Crippen LogP contribution in [0.1, 0.15) is 40.5 Å². The molecule has 2 aliphatic rings. The molecule has 2 rings (SSSR count). The average Bonchev–Trinajstić information content (AvgIpc) is 2.36. The maximum atomic E-state index is 5.81. The Morgan fingerprint density at radius 3 is 2.79 bits per heavy atom. The Bertz CT molecular complexity index is 431. The average molecular weight is 261 g/mol. The highest BCUT2D eigenvalue weighted by Crippen LogP contribution is 2.45. The second-order valence-corrected chi connectivity index (χ2v) is 6.70. The lowest BCUT2D eigenvalue weighted by Crippen LogP contribution is -2.33. The first kappa shape index (κ1) is 14.4. The molecule has 0 saturated carbocycles. The number of ether oxygens (including phenoxy) is 1. The Hall–Kier alpha value is -1.02. The molecule has 1 aliphatic heterocycles. The summed E-state index contributed by atoms with van der Waals surface area (Å²) in [5.74, 6) is 1.14. The summed E-state index contributed by atoms with van der Waals surface area (Å²) in [5.41, 5.74) is 1.70. The molecule has 19 heavy (non-hydrogen) atoms. The number of hydrogen-bond donors (Lipinski definition) is 0. The molecule has 0 aromatic rings. The van der Waals surface area contributed by atoms with Crippen molar-refractivity contribution in [2.75, 3.05) is 20.3 Å². The van der Waals surface area contributed by atoms with Crippen molar-refractivity contribution in [2.24, 2.45) is 10.8 Å². The van der Waals surface area contributed by atoms with Crippen molar-refractivity contribution in [2.45, 2.75) is 40.5 Å². The first-order valence-corrected chi connectivity index (χ1v) is 7.28. The zero-order valence-electron chi connectivity index (χ0n) is 13.0. The van der Waals surface area contributed by atoms with Crippen molar-refractivity contribution in [1.82, 2.24) is 4.90 Å². The lowest BCUT2D eigenvalue weighted by atomic mass is 9.64. The maximum absolute atomic E-state index is 5.81. The summed E-state index contributed by atoms with van der Waals surface area (Å²) in [6.45, 7) is 11.0. The Labute approximate surface area is 117 Å². The minimum Gasteiger partial charge on any atom is -0.482 e. The first-order chi connectivity index (χ1) is 8.88. The van der Waals surface area contributed by atoms with E-state index in [0.29, 0.717) is 6.73 Å². The van der Waals surface area contributed by atoms with Gasteiger partial charge in [0.15, 0.2) is 0 Å². The summed E-state index contributed by atoms with van der Waals surface area (Å²) >= 11 is 0. The fraction of sp³-hybridized carbons (Fsp3) is 0.647. The Morgan fingerprint density at radius 2 is 2.11 bits per heavy atom. The molecule has 106 valence electrons. The number of hydrogen-bond acceptors (Lipinski definition) is 2. The van der Waals surface area contributed by atoms with Crippen molar-refractivity contribution in [3.63, 3.8) is 0 Å². The summed E-state index contributed by atoms with van der Waals surface area (Å²) in [7, 11) is 2.10. The van der Waals surface area contributed by atoms with Crippen molar-refractivity contribution in [3.8, 4) is 0 Å². The van der Waals surface area contributed by atoms with E-state index in [1.807, 2.05) is 0 Å². The van der Waals surface area contributed by atoms with Crippen molar-refractivity contribution in [3.05, 3.63) is 35.6 Å². The van der Waals surface area contributed by atoms with Gasteiger partial charge in [-0.05, 0) is 18.9 Å².